The van der Waals surface area contributed by atoms with E-state index in [4.69, 9.17) is 0 Å². The third-order valence-electron chi connectivity index (χ3n) is 13.0. The molecule has 7 heterocycles. The Hall–Kier alpha value is -6.58. The Morgan fingerprint density at radius 2 is 0.619 bits per heavy atom. The van der Waals surface area contributed by atoms with Crippen LogP contribution in [0.15, 0.2) is 182 Å². The molecule has 0 saturated heterocycles. The molecule has 63 heavy (non-hydrogen) atoms. The molecule has 0 radical (unpaired) electrons. The Balaban J connectivity index is 0.929. The second-order valence-electron chi connectivity index (χ2n) is 16.4. The van der Waals surface area contributed by atoms with Gasteiger partial charge in [-0.1, -0.05) is 121 Å². The topological polar surface area (TPSA) is 9.86 Å². The highest BCUT2D eigenvalue weighted by Gasteiger charge is 2.23. The number of rotatable bonds is 4. The Morgan fingerprint density at radius 1 is 0.270 bits per heavy atom. The van der Waals surface area contributed by atoms with Gasteiger partial charge in [0.05, 0.1) is 30.1 Å². The smallest absolute Gasteiger partial charge is 0.102 e. The van der Waals surface area contributed by atoms with Crippen LogP contribution in [0.5, 0.6) is 0 Å². The number of benzene rings is 8. The lowest BCUT2D eigenvalue weighted by Crippen LogP contribution is -1.89. The maximum Gasteiger partial charge on any atom is 0.102 e. The number of para-hydroxylation sites is 4. The van der Waals surface area contributed by atoms with Crippen LogP contribution in [0.2, 0.25) is 0 Å². The highest BCUT2D eigenvalue weighted by atomic mass is 32.2. The molecule has 15 rings (SSSR count). The molecule has 0 atom stereocenters. The predicted octanol–water partition coefficient (Wildman–Crippen LogP) is 18.4. The van der Waals surface area contributed by atoms with Gasteiger partial charge in [0.25, 0.3) is 0 Å². The summed E-state index contributed by atoms with van der Waals surface area (Å²) in [5, 5.41) is 18.2. The van der Waals surface area contributed by atoms with Crippen molar-refractivity contribution in [2.75, 3.05) is 0 Å². The number of nitrogens with zero attached hydrogens (tertiary/aromatic N) is 2. The number of thiophene rings is 5. The van der Waals surface area contributed by atoms with Crippen LogP contribution in [0.1, 0.15) is 0 Å². The van der Waals surface area contributed by atoms with Gasteiger partial charge in [0.1, 0.15) is 10.0 Å². The van der Waals surface area contributed by atoms with E-state index in [9.17, 15) is 0 Å². The summed E-state index contributed by atoms with van der Waals surface area (Å²) < 4.78 is 10.3. The van der Waals surface area contributed by atoms with E-state index in [2.05, 4.69) is 191 Å². The largest absolute Gasteiger partial charge is 0.301 e. The maximum absolute atomic E-state index is 2.46. The zero-order chi connectivity index (χ0) is 40.9. The van der Waals surface area contributed by atoms with E-state index in [1.165, 1.54) is 135 Å². The van der Waals surface area contributed by atoms with Crippen molar-refractivity contribution in [2.45, 2.75) is 0 Å². The van der Waals surface area contributed by atoms with E-state index in [0.29, 0.717) is 0 Å². The van der Waals surface area contributed by atoms with Crippen molar-refractivity contribution in [3.05, 3.63) is 182 Å². The van der Waals surface area contributed by atoms with Gasteiger partial charge in [-0.2, -0.15) is 0 Å². The van der Waals surface area contributed by atoms with Crippen LogP contribution in [-0.4, -0.2) is 9.13 Å². The molecule has 294 valence electrons. The molecule has 0 unspecified atom stereocenters. The van der Waals surface area contributed by atoms with Crippen molar-refractivity contribution in [3.8, 4) is 30.9 Å². The molecule has 15 aromatic rings. The van der Waals surface area contributed by atoms with Crippen molar-refractivity contribution in [1.29, 1.82) is 0 Å². The zero-order valence-electron chi connectivity index (χ0n) is 33.3. The van der Waals surface area contributed by atoms with Gasteiger partial charge in [-0.05, 0) is 82.2 Å². The lowest BCUT2D eigenvalue weighted by atomic mass is 9.96. The van der Waals surface area contributed by atoms with Gasteiger partial charge in [-0.15, -0.1) is 56.7 Å². The van der Waals surface area contributed by atoms with Gasteiger partial charge in [0.2, 0.25) is 0 Å². The third-order valence-corrected chi connectivity index (χ3v) is 19.0. The number of aromatic nitrogens is 2. The first kappa shape index (κ1) is 34.9. The lowest BCUT2D eigenvalue weighted by Gasteiger charge is -2.08. The highest BCUT2D eigenvalue weighted by Crippen LogP contribution is 2.53. The number of hydrogen-bond acceptors (Lipinski definition) is 5. The molecule has 0 N–H and O–H groups in total. The standard InChI is InChI=1S/C56H30N2S5/c1-3-15-35-31(13-1)25-41-42-26-32-14-2-4-16-36(32)52(48-28-34-30-50(62-56(34)60-48)58-45-23-11-7-19-39(45)40-20-8-12-24-46(40)58)54(42)63-53(41)51(35)47-27-33-29-49(61-55(33)59-47)57-43-21-9-5-17-37(43)38-18-6-10-22-44(38)57/h1-30H. The van der Waals surface area contributed by atoms with E-state index in [1.54, 1.807) is 0 Å². The second-order valence-corrected chi connectivity index (χ2v) is 22.1. The SMILES string of the molecule is c1ccc2c(-c3cc4cc(-n5c6ccccc6c6ccccc65)sc4s3)c3sc4c(-c5cc6cc(-n7c8ccccc8c8ccccc87)sc6s5)c5ccccc5cc4c3cc2c1. The quantitative estimate of drug-likeness (QED) is 0.167. The van der Waals surface area contributed by atoms with E-state index in [-0.39, 0.29) is 0 Å². The van der Waals surface area contributed by atoms with Crippen LogP contribution in [0.4, 0.5) is 0 Å². The summed E-state index contributed by atoms with van der Waals surface area (Å²) >= 11 is 9.67. The predicted molar refractivity (Wildman–Crippen MR) is 280 cm³/mol. The van der Waals surface area contributed by atoms with Gasteiger partial charge in [-0.25, -0.2) is 0 Å². The van der Waals surface area contributed by atoms with E-state index in [1.807, 2.05) is 56.7 Å². The Kier molecular flexibility index (Phi) is 7.20. The molecule has 7 heteroatoms. The van der Waals surface area contributed by atoms with Crippen molar-refractivity contribution in [3.63, 3.8) is 0 Å². The van der Waals surface area contributed by atoms with Crippen LogP contribution in [0.25, 0.3) is 135 Å². The number of fused-ring (bicyclic) bond motifs is 13. The zero-order valence-corrected chi connectivity index (χ0v) is 37.3. The highest BCUT2D eigenvalue weighted by molar-refractivity contribution is 7.41. The molecule has 7 aromatic heterocycles. The first-order chi connectivity index (χ1) is 31.2. The first-order valence-corrected chi connectivity index (χ1v) is 25.1. The maximum atomic E-state index is 2.46. The minimum Gasteiger partial charge on any atom is -0.301 e. The number of hydrogen-bond donors (Lipinski definition) is 0. The summed E-state index contributed by atoms with van der Waals surface area (Å²) in [6.07, 6.45) is 0. The summed E-state index contributed by atoms with van der Waals surface area (Å²) in [7, 11) is 0. The van der Waals surface area contributed by atoms with E-state index in [0.717, 1.165) is 0 Å². The van der Waals surface area contributed by atoms with Crippen molar-refractivity contribution >= 4 is 161 Å². The van der Waals surface area contributed by atoms with E-state index >= 15 is 0 Å². The molecule has 0 aliphatic heterocycles. The molecular weight excluding hydrogens is 861 g/mol. The minimum absolute atomic E-state index is 1.26. The molecular formula is C56H30N2S5. The van der Waals surface area contributed by atoms with Gasteiger partial charge in [0.15, 0.2) is 0 Å². The summed E-state index contributed by atoms with van der Waals surface area (Å²) in [6.45, 7) is 0. The molecule has 2 nitrogen and oxygen atoms in total. The molecule has 0 amide bonds. The molecule has 0 aliphatic carbocycles. The fourth-order valence-corrected chi connectivity index (χ4v) is 16.9. The molecule has 0 aliphatic rings. The van der Waals surface area contributed by atoms with Crippen molar-refractivity contribution in [1.82, 2.24) is 9.13 Å². The van der Waals surface area contributed by atoms with Crippen LogP contribution in [0, 0.1) is 0 Å². The monoisotopic (exact) mass is 890 g/mol. The van der Waals surface area contributed by atoms with Crippen LogP contribution < -0.4 is 0 Å². The Bertz CT molecular complexity index is 3950. The van der Waals surface area contributed by atoms with E-state index < -0.39 is 0 Å². The second kappa shape index (κ2) is 13.0. The summed E-state index contributed by atoms with van der Waals surface area (Å²) in [4.78, 5) is 2.66. The Labute approximate surface area is 380 Å². The van der Waals surface area contributed by atoms with Gasteiger partial charge in [0, 0.05) is 73.4 Å². The third kappa shape index (κ3) is 4.91. The van der Waals surface area contributed by atoms with Crippen LogP contribution in [-0.2, 0) is 0 Å². The van der Waals surface area contributed by atoms with Crippen molar-refractivity contribution < 1.29 is 0 Å². The lowest BCUT2D eigenvalue weighted by molar-refractivity contribution is 1.22. The average molecular weight is 891 g/mol. The first-order valence-electron chi connectivity index (χ1n) is 21.1. The van der Waals surface area contributed by atoms with Crippen molar-refractivity contribution in [2.24, 2.45) is 0 Å². The fourth-order valence-electron chi connectivity index (χ4n) is 10.3. The Morgan fingerprint density at radius 3 is 1.00 bits per heavy atom. The van der Waals surface area contributed by atoms with Gasteiger partial charge < -0.3 is 9.13 Å². The molecule has 0 fully saturated rings. The molecule has 8 aromatic carbocycles. The minimum atomic E-state index is 1.26. The molecule has 0 bridgehead atoms. The normalized spacial score (nSPS) is 12.4. The molecule has 0 spiro atoms. The summed E-state index contributed by atoms with van der Waals surface area (Å²) in [5.41, 5.74) is 7.73. The van der Waals surface area contributed by atoms with Gasteiger partial charge in [-0.3, -0.25) is 0 Å². The van der Waals surface area contributed by atoms with Gasteiger partial charge >= 0.3 is 0 Å². The summed E-state index contributed by atoms with van der Waals surface area (Å²) in [6, 6.07) is 67.9. The summed E-state index contributed by atoms with van der Waals surface area (Å²) in [5.74, 6) is 0. The van der Waals surface area contributed by atoms with Crippen LogP contribution in [0.3, 0.4) is 0 Å². The average Bonchev–Trinajstić information content (AvgIpc) is 4.19. The molecule has 0 saturated carbocycles. The van der Waals surface area contributed by atoms with Crippen LogP contribution >= 0.6 is 56.7 Å². The fraction of sp³-hybridized carbons (Fsp3) is 0.